The molecule has 1 atom stereocenters. The molecule has 2 N–H and O–H groups in total. The predicted octanol–water partition coefficient (Wildman–Crippen LogP) is 4.23. The molecule has 0 fully saturated rings. The van der Waals surface area contributed by atoms with Crippen LogP contribution in [-0.2, 0) is 7.05 Å². The van der Waals surface area contributed by atoms with Crippen LogP contribution in [-0.4, -0.2) is 27.2 Å². The third-order valence-electron chi connectivity index (χ3n) is 4.21. The molecule has 0 aliphatic rings. The molecule has 1 amide bonds. The van der Waals surface area contributed by atoms with Gasteiger partial charge in [0.15, 0.2) is 0 Å². The zero-order chi connectivity index (χ0) is 18.1. The van der Waals surface area contributed by atoms with Gasteiger partial charge < -0.3 is 15.0 Å². The fourth-order valence-electron chi connectivity index (χ4n) is 2.58. The standard InChI is InChI=1S/C18H17Cl2N3O2/c1-10(9-24)11-3-5-12(6-4-11)18(25)22-15-7-14-13(8-21-15)16(19)17(20)23(14)2/h3-8,10,24H,9H2,1-2H3,(H,21,22,25). The number of nitrogens with one attached hydrogen (secondary N) is 1. The van der Waals surface area contributed by atoms with Crippen molar-refractivity contribution in [2.75, 3.05) is 11.9 Å². The number of carbonyl (C=O) groups is 1. The van der Waals surface area contributed by atoms with Crippen LogP contribution in [0.2, 0.25) is 10.2 Å². The lowest BCUT2D eigenvalue weighted by molar-refractivity contribution is 0.102. The van der Waals surface area contributed by atoms with Gasteiger partial charge in [-0.25, -0.2) is 4.98 Å². The molecule has 130 valence electrons. The molecule has 25 heavy (non-hydrogen) atoms. The van der Waals surface area contributed by atoms with E-state index in [0.29, 0.717) is 21.6 Å². The number of aryl methyl sites for hydroxylation is 1. The number of carbonyl (C=O) groups excluding carboxylic acids is 1. The summed E-state index contributed by atoms with van der Waals surface area (Å²) in [5, 5.41) is 13.6. The number of halogens is 2. The highest BCUT2D eigenvalue weighted by Crippen LogP contribution is 2.33. The minimum Gasteiger partial charge on any atom is -0.396 e. The molecule has 5 nitrogen and oxygen atoms in total. The number of fused-ring (bicyclic) bond motifs is 1. The van der Waals surface area contributed by atoms with E-state index in [-0.39, 0.29) is 18.4 Å². The van der Waals surface area contributed by atoms with Crippen LogP contribution in [0, 0.1) is 0 Å². The summed E-state index contributed by atoms with van der Waals surface area (Å²) >= 11 is 12.3. The van der Waals surface area contributed by atoms with E-state index in [0.717, 1.165) is 16.5 Å². The average molecular weight is 378 g/mol. The molecular weight excluding hydrogens is 361 g/mol. The fraction of sp³-hybridized carbons (Fsp3) is 0.222. The van der Waals surface area contributed by atoms with Gasteiger partial charge in [0, 0.05) is 42.8 Å². The summed E-state index contributed by atoms with van der Waals surface area (Å²) in [4.78, 5) is 16.6. The summed E-state index contributed by atoms with van der Waals surface area (Å²) in [5.41, 5.74) is 2.28. The van der Waals surface area contributed by atoms with Crippen LogP contribution >= 0.6 is 23.2 Å². The van der Waals surface area contributed by atoms with Gasteiger partial charge in [-0.1, -0.05) is 42.3 Å². The van der Waals surface area contributed by atoms with E-state index < -0.39 is 0 Å². The SMILES string of the molecule is CC(CO)c1ccc(C(=O)Nc2cc3c(cn2)c(Cl)c(Cl)n3C)cc1. The Hall–Kier alpha value is -2.08. The van der Waals surface area contributed by atoms with Crippen LogP contribution in [0.3, 0.4) is 0 Å². The molecule has 2 heterocycles. The lowest BCUT2D eigenvalue weighted by atomic mass is 10.0. The van der Waals surface area contributed by atoms with Crippen LogP contribution in [0.5, 0.6) is 0 Å². The van der Waals surface area contributed by atoms with Gasteiger partial charge >= 0.3 is 0 Å². The zero-order valence-corrected chi connectivity index (χ0v) is 15.3. The first-order valence-electron chi connectivity index (χ1n) is 7.74. The Morgan fingerprint density at radius 2 is 2.00 bits per heavy atom. The molecule has 1 unspecified atom stereocenters. The number of aliphatic hydroxyl groups excluding tert-OH is 1. The molecule has 0 spiro atoms. The number of amides is 1. The quantitative estimate of drug-likeness (QED) is 0.714. The van der Waals surface area contributed by atoms with Crippen molar-refractivity contribution in [2.45, 2.75) is 12.8 Å². The maximum absolute atomic E-state index is 12.4. The molecular formula is C18H17Cl2N3O2. The number of nitrogens with zero attached hydrogens (tertiary/aromatic N) is 2. The Bertz CT molecular complexity index is 936. The van der Waals surface area contributed by atoms with Gasteiger partial charge in [-0.05, 0) is 17.7 Å². The second-order valence-corrected chi connectivity index (χ2v) is 6.65. The normalized spacial score (nSPS) is 12.4. The summed E-state index contributed by atoms with van der Waals surface area (Å²) < 4.78 is 1.74. The van der Waals surface area contributed by atoms with E-state index in [4.69, 9.17) is 23.2 Å². The third-order valence-corrected chi connectivity index (χ3v) is 5.13. The van der Waals surface area contributed by atoms with E-state index in [1.54, 1.807) is 36.0 Å². The van der Waals surface area contributed by atoms with Gasteiger partial charge in [-0.2, -0.15) is 0 Å². The minimum absolute atomic E-state index is 0.0352. The van der Waals surface area contributed by atoms with Crippen molar-refractivity contribution in [3.05, 3.63) is 57.8 Å². The highest BCUT2D eigenvalue weighted by Gasteiger charge is 2.14. The summed E-state index contributed by atoms with van der Waals surface area (Å²) in [6.45, 7) is 1.99. The van der Waals surface area contributed by atoms with E-state index in [2.05, 4.69) is 10.3 Å². The average Bonchev–Trinajstić information content (AvgIpc) is 2.85. The minimum atomic E-state index is -0.263. The van der Waals surface area contributed by atoms with Gasteiger partial charge in [-0.3, -0.25) is 4.79 Å². The Kier molecular flexibility index (Phi) is 4.99. The molecule has 3 rings (SSSR count). The molecule has 2 aromatic heterocycles. The first-order chi connectivity index (χ1) is 11.9. The van der Waals surface area contributed by atoms with Crippen molar-refractivity contribution in [3.63, 3.8) is 0 Å². The van der Waals surface area contributed by atoms with Gasteiger partial charge in [0.2, 0.25) is 0 Å². The molecule has 3 aromatic rings. The van der Waals surface area contributed by atoms with Crippen molar-refractivity contribution in [1.29, 1.82) is 0 Å². The number of benzene rings is 1. The Morgan fingerprint density at radius 3 is 2.64 bits per heavy atom. The monoisotopic (exact) mass is 377 g/mol. The van der Waals surface area contributed by atoms with Crippen molar-refractivity contribution in [2.24, 2.45) is 7.05 Å². The van der Waals surface area contributed by atoms with Gasteiger partial charge in [0.25, 0.3) is 5.91 Å². The number of hydrogen-bond donors (Lipinski definition) is 2. The van der Waals surface area contributed by atoms with Crippen molar-refractivity contribution >= 4 is 45.8 Å². The summed E-state index contributed by atoms with van der Waals surface area (Å²) in [7, 11) is 1.79. The predicted molar refractivity (Wildman–Crippen MR) is 101 cm³/mol. The molecule has 0 aliphatic carbocycles. The molecule has 0 radical (unpaired) electrons. The Balaban J connectivity index is 1.83. The highest BCUT2D eigenvalue weighted by molar-refractivity contribution is 6.45. The fourth-order valence-corrected chi connectivity index (χ4v) is 3.05. The number of pyridine rings is 1. The summed E-state index contributed by atoms with van der Waals surface area (Å²) in [6.07, 6.45) is 1.59. The maximum Gasteiger partial charge on any atom is 0.256 e. The van der Waals surface area contributed by atoms with Crippen LogP contribution in [0.4, 0.5) is 5.82 Å². The first kappa shape index (κ1) is 17.7. The van der Waals surface area contributed by atoms with E-state index in [1.807, 2.05) is 19.1 Å². The molecule has 0 aliphatic heterocycles. The third kappa shape index (κ3) is 3.35. The van der Waals surface area contributed by atoms with Crippen molar-refractivity contribution in [1.82, 2.24) is 9.55 Å². The van der Waals surface area contributed by atoms with Crippen LogP contribution in [0.1, 0.15) is 28.8 Å². The number of anilines is 1. The smallest absolute Gasteiger partial charge is 0.256 e. The van der Waals surface area contributed by atoms with Gasteiger partial charge in [-0.15, -0.1) is 0 Å². The molecule has 7 heteroatoms. The van der Waals surface area contributed by atoms with Gasteiger partial charge in [0.05, 0.1) is 10.5 Å². The van der Waals surface area contributed by atoms with Crippen molar-refractivity contribution < 1.29 is 9.90 Å². The van der Waals surface area contributed by atoms with E-state index in [1.165, 1.54) is 0 Å². The van der Waals surface area contributed by atoms with Crippen molar-refractivity contribution in [3.8, 4) is 0 Å². The van der Waals surface area contributed by atoms with Crippen LogP contribution in [0.15, 0.2) is 36.5 Å². The number of aromatic nitrogens is 2. The Labute approximate surface area is 155 Å². The van der Waals surface area contributed by atoms with E-state index >= 15 is 0 Å². The van der Waals surface area contributed by atoms with Gasteiger partial charge in [0.1, 0.15) is 11.0 Å². The summed E-state index contributed by atoms with van der Waals surface area (Å²) in [5.74, 6) is 0.189. The van der Waals surface area contributed by atoms with Crippen LogP contribution in [0.25, 0.3) is 10.9 Å². The molecule has 1 aromatic carbocycles. The summed E-state index contributed by atoms with van der Waals surface area (Å²) in [6, 6.07) is 8.86. The number of rotatable bonds is 4. The lowest BCUT2D eigenvalue weighted by Crippen LogP contribution is -2.13. The maximum atomic E-state index is 12.4. The number of aliphatic hydroxyl groups is 1. The number of hydrogen-bond acceptors (Lipinski definition) is 3. The molecule has 0 saturated carbocycles. The topological polar surface area (TPSA) is 67.2 Å². The first-order valence-corrected chi connectivity index (χ1v) is 8.49. The Morgan fingerprint density at radius 1 is 1.32 bits per heavy atom. The second kappa shape index (κ2) is 7.04. The molecule has 0 saturated heterocycles. The van der Waals surface area contributed by atoms with E-state index in [9.17, 15) is 9.90 Å². The largest absolute Gasteiger partial charge is 0.396 e. The highest BCUT2D eigenvalue weighted by atomic mass is 35.5. The van der Waals surface area contributed by atoms with Crippen LogP contribution < -0.4 is 5.32 Å². The zero-order valence-electron chi connectivity index (χ0n) is 13.8. The lowest BCUT2D eigenvalue weighted by Gasteiger charge is -2.09. The molecule has 0 bridgehead atoms. The second-order valence-electron chi connectivity index (χ2n) is 5.91.